The number of fused-ring (bicyclic) bond motifs is 2. The fraction of sp³-hybridized carbons (Fsp3) is 0.150. The first-order valence-corrected chi connectivity index (χ1v) is 8.81. The van der Waals surface area contributed by atoms with Crippen LogP contribution in [-0.2, 0) is 17.8 Å². The highest BCUT2D eigenvalue weighted by Crippen LogP contribution is 2.07. The highest BCUT2D eigenvalue weighted by molar-refractivity contribution is 5.81. The van der Waals surface area contributed by atoms with E-state index in [0.29, 0.717) is 28.5 Å². The average molecular weight is 375 g/mol. The Kier molecular flexibility index (Phi) is 4.67. The van der Waals surface area contributed by atoms with E-state index in [-0.39, 0.29) is 30.1 Å². The maximum absolute atomic E-state index is 12.4. The maximum atomic E-state index is 12.4. The minimum Gasteiger partial charge on any atom is -0.354 e. The van der Waals surface area contributed by atoms with Crippen LogP contribution in [0.25, 0.3) is 21.7 Å². The number of aromatic amines is 1. The molecule has 0 aliphatic carbocycles. The summed E-state index contributed by atoms with van der Waals surface area (Å²) < 4.78 is 1.13. The Morgan fingerprint density at radius 1 is 1.04 bits per heavy atom. The normalized spacial score (nSPS) is 11.0. The summed E-state index contributed by atoms with van der Waals surface area (Å²) in [7, 11) is 0. The summed E-state index contributed by atoms with van der Waals surface area (Å²) in [6.07, 6.45) is 1.93. The highest BCUT2D eigenvalue weighted by Gasteiger charge is 2.09. The number of nitrogens with one attached hydrogen (secondary N) is 2. The van der Waals surface area contributed by atoms with Gasteiger partial charge in [0.1, 0.15) is 12.4 Å². The van der Waals surface area contributed by atoms with E-state index >= 15 is 0 Å². The lowest BCUT2D eigenvalue weighted by Crippen LogP contribution is -2.34. The zero-order valence-corrected chi connectivity index (χ0v) is 14.9. The third kappa shape index (κ3) is 3.52. The number of para-hydroxylation sites is 1. The topological polar surface area (TPSA) is 110 Å². The van der Waals surface area contributed by atoms with Gasteiger partial charge in [0.2, 0.25) is 5.91 Å². The van der Waals surface area contributed by atoms with Crippen molar-refractivity contribution in [2.75, 3.05) is 6.54 Å². The second-order valence-electron chi connectivity index (χ2n) is 6.32. The van der Waals surface area contributed by atoms with E-state index in [1.807, 2.05) is 12.1 Å². The summed E-state index contributed by atoms with van der Waals surface area (Å²) in [5.74, 6) is 0.151. The summed E-state index contributed by atoms with van der Waals surface area (Å²) in [5.41, 5.74) is 0.0899. The van der Waals surface area contributed by atoms with Gasteiger partial charge in [0.25, 0.3) is 11.1 Å². The summed E-state index contributed by atoms with van der Waals surface area (Å²) in [4.78, 5) is 43.7. The molecular formula is C20H17N5O3. The standard InChI is InChI=1S/C20H17N5O3/c26-18(12-25-20(28)14-6-2-1-5-13(14)11-22-25)21-10-9-17-23-16-8-4-3-7-15(16)19(27)24-17/h1-8,11H,9-10,12H2,(H,21,26)(H,23,24,27). The third-order valence-electron chi connectivity index (χ3n) is 4.40. The second-order valence-corrected chi connectivity index (χ2v) is 6.32. The summed E-state index contributed by atoms with van der Waals surface area (Å²) in [6, 6.07) is 14.2. The molecule has 0 saturated heterocycles. The summed E-state index contributed by atoms with van der Waals surface area (Å²) in [6.45, 7) is 0.105. The number of aromatic nitrogens is 4. The predicted molar refractivity (Wildman–Crippen MR) is 105 cm³/mol. The van der Waals surface area contributed by atoms with Crippen LogP contribution in [-0.4, -0.2) is 32.2 Å². The van der Waals surface area contributed by atoms with Gasteiger partial charge in [-0.15, -0.1) is 0 Å². The van der Waals surface area contributed by atoms with Gasteiger partial charge in [0.05, 0.1) is 22.5 Å². The molecule has 8 heteroatoms. The number of hydrogen-bond acceptors (Lipinski definition) is 5. The molecule has 0 saturated carbocycles. The van der Waals surface area contributed by atoms with Gasteiger partial charge in [0.15, 0.2) is 0 Å². The fourth-order valence-corrected chi connectivity index (χ4v) is 3.01. The number of rotatable bonds is 5. The van der Waals surface area contributed by atoms with Crippen molar-refractivity contribution in [3.8, 4) is 0 Å². The molecule has 1 amide bonds. The predicted octanol–water partition coefficient (Wildman–Crippen LogP) is 0.992. The smallest absolute Gasteiger partial charge is 0.275 e. The van der Waals surface area contributed by atoms with Gasteiger partial charge < -0.3 is 10.3 Å². The molecule has 2 aromatic heterocycles. The van der Waals surface area contributed by atoms with Crippen molar-refractivity contribution >= 4 is 27.6 Å². The quantitative estimate of drug-likeness (QED) is 0.541. The Balaban J connectivity index is 1.41. The molecule has 2 aromatic carbocycles. The van der Waals surface area contributed by atoms with Crippen molar-refractivity contribution in [3.05, 3.63) is 81.3 Å². The van der Waals surface area contributed by atoms with E-state index in [1.165, 1.54) is 0 Å². The Labute approximate surface area is 158 Å². The molecular weight excluding hydrogens is 358 g/mol. The molecule has 0 unspecified atom stereocenters. The molecule has 2 N–H and O–H groups in total. The summed E-state index contributed by atoms with van der Waals surface area (Å²) in [5, 5.41) is 8.54. The van der Waals surface area contributed by atoms with Crippen molar-refractivity contribution in [2.24, 2.45) is 0 Å². The van der Waals surface area contributed by atoms with Gasteiger partial charge in [-0.2, -0.15) is 5.10 Å². The number of carbonyl (C=O) groups excluding carboxylic acids is 1. The van der Waals surface area contributed by atoms with Crippen molar-refractivity contribution in [2.45, 2.75) is 13.0 Å². The van der Waals surface area contributed by atoms with Crippen molar-refractivity contribution in [1.29, 1.82) is 0 Å². The number of carbonyl (C=O) groups is 1. The van der Waals surface area contributed by atoms with Crippen LogP contribution in [0, 0.1) is 0 Å². The molecule has 4 aromatic rings. The van der Waals surface area contributed by atoms with Crippen LogP contribution in [0.3, 0.4) is 0 Å². The van der Waals surface area contributed by atoms with Gasteiger partial charge in [-0.05, 0) is 18.2 Å². The lowest BCUT2D eigenvalue weighted by Gasteiger charge is -2.08. The summed E-state index contributed by atoms with van der Waals surface area (Å²) >= 11 is 0. The molecule has 140 valence electrons. The largest absolute Gasteiger partial charge is 0.354 e. The SMILES string of the molecule is O=C(Cn1ncc2ccccc2c1=O)NCCc1nc2ccccc2c(=O)[nH]1. The number of benzene rings is 2. The molecule has 0 radical (unpaired) electrons. The van der Waals surface area contributed by atoms with E-state index in [2.05, 4.69) is 20.4 Å². The van der Waals surface area contributed by atoms with Crippen molar-refractivity contribution in [1.82, 2.24) is 25.1 Å². The highest BCUT2D eigenvalue weighted by atomic mass is 16.2. The first-order chi connectivity index (χ1) is 13.6. The first-order valence-electron chi connectivity index (χ1n) is 8.81. The van der Waals surface area contributed by atoms with Gasteiger partial charge in [-0.25, -0.2) is 9.67 Å². The molecule has 0 spiro atoms. The molecule has 2 heterocycles. The zero-order chi connectivity index (χ0) is 19.5. The molecule has 4 rings (SSSR count). The number of H-pyrrole nitrogens is 1. The van der Waals surface area contributed by atoms with Gasteiger partial charge in [0, 0.05) is 18.4 Å². The van der Waals surface area contributed by atoms with Crippen LogP contribution in [0.15, 0.2) is 64.3 Å². The molecule has 0 aliphatic rings. The van der Waals surface area contributed by atoms with Crippen LogP contribution >= 0.6 is 0 Å². The molecule has 0 fully saturated rings. The van der Waals surface area contributed by atoms with Crippen molar-refractivity contribution < 1.29 is 4.79 Å². The lowest BCUT2D eigenvalue weighted by atomic mass is 10.2. The molecule has 0 atom stereocenters. The van der Waals surface area contributed by atoms with Gasteiger partial charge in [-0.3, -0.25) is 14.4 Å². The van der Waals surface area contributed by atoms with Gasteiger partial charge in [-0.1, -0.05) is 30.3 Å². The van der Waals surface area contributed by atoms with Crippen LogP contribution in [0.2, 0.25) is 0 Å². The molecule has 0 bridgehead atoms. The van der Waals surface area contributed by atoms with E-state index in [0.717, 1.165) is 10.1 Å². The number of hydrogen-bond donors (Lipinski definition) is 2. The van der Waals surface area contributed by atoms with E-state index < -0.39 is 0 Å². The molecule has 28 heavy (non-hydrogen) atoms. The average Bonchev–Trinajstić information content (AvgIpc) is 2.70. The number of nitrogens with zero attached hydrogens (tertiary/aromatic N) is 3. The van der Waals surface area contributed by atoms with Crippen LogP contribution in [0.5, 0.6) is 0 Å². The third-order valence-corrected chi connectivity index (χ3v) is 4.40. The Morgan fingerprint density at radius 2 is 1.79 bits per heavy atom. The minimum atomic E-state index is -0.340. The lowest BCUT2D eigenvalue weighted by molar-refractivity contribution is -0.121. The first kappa shape index (κ1) is 17.6. The van der Waals surface area contributed by atoms with E-state index in [1.54, 1.807) is 42.6 Å². The fourth-order valence-electron chi connectivity index (χ4n) is 3.01. The van der Waals surface area contributed by atoms with E-state index in [4.69, 9.17) is 0 Å². The maximum Gasteiger partial charge on any atom is 0.275 e. The zero-order valence-electron chi connectivity index (χ0n) is 14.9. The Bertz CT molecular complexity index is 1290. The Hall–Kier alpha value is -3.81. The molecule has 0 aliphatic heterocycles. The number of amides is 1. The van der Waals surface area contributed by atoms with Crippen LogP contribution in [0.4, 0.5) is 0 Å². The monoisotopic (exact) mass is 375 g/mol. The minimum absolute atomic E-state index is 0.175. The van der Waals surface area contributed by atoms with E-state index in [9.17, 15) is 14.4 Å². The van der Waals surface area contributed by atoms with Crippen LogP contribution < -0.4 is 16.4 Å². The second kappa shape index (κ2) is 7.43. The van der Waals surface area contributed by atoms with Crippen molar-refractivity contribution in [3.63, 3.8) is 0 Å². The van der Waals surface area contributed by atoms with Gasteiger partial charge >= 0.3 is 0 Å². The van der Waals surface area contributed by atoms with Crippen LogP contribution in [0.1, 0.15) is 5.82 Å². The Morgan fingerprint density at radius 3 is 2.64 bits per heavy atom. The molecule has 8 nitrogen and oxygen atoms in total.